The van der Waals surface area contributed by atoms with Gasteiger partial charge in [0.05, 0.1) is 25.2 Å². The van der Waals surface area contributed by atoms with Crippen LogP contribution in [0.2, 0.25) is 0 Å². The highest BCUT2D eigenvalue weighted by atomic mass is 16.5. The first-order valence-electron chi connectivity index (χ1n) is 6.35. The normalized spacial score (nSPS) is 23.3. The fraction of sp³-hybridized carbons (Fsp3) is 0.833. The van der Waals surface area contributed by atoms with E-state index in [0.29, 0.717) is 19.8 Å². The summed E-state index contributed by atoms with van der Waals surface area (Å²) in [5.41, 5.74) is 0. The van der Waals surface area contributed by atoms with Gasteiger partial charge in [0.1, 0.15) is 0 Å². The number of urea groups is 1. The zero-order valence-electron chi connectivity index (χ0n) is 11.2. The highest BCUT2D eigenvalue weighted by molar-refractivity contribution is 5.77. The summed E-state index contributed by atoms with van der Waals surface area (Å²) in [5, 5.41) is 11.6. The molecule has 0 aromatic rings. The first-order valence-corrected chi connectivity index (χ1v) is 6.35. The molecule has 0 spiro atoms. The van der Waals surface area contributed by atoms with E-state index in [1.54, 1.807) is 18.7 Å². The molecule has 1 aliphatic rings. The van der Waals surface area contributed by atoms with Gasteiger partial charge in [0.2, 0.25) is 0 Å². The molecule has 0 aliphatic carbocycles. The van der Waals surface area contributed by atoms with Crippen LogP contribution in [0.4, 0.5) is 4.79 Å². The van der Waals surface area contributed by atoms with Gasteiger partial charge >= 0.3 is 12.0 Å². The molecule has 1 heterocycles. The second kappa shape index (κ2) is 6.58. The number of nitrogens with one attached hydrogen (secondary N) is 1. The monoisotopic (exact) mass is 258 g/mol. The molecule has 3 unspecified atom stereocenters. The minimum atomic E-state index is -0.906. The Hall–Kier alpha value is -1.30. The van der Waals surface area contributed by atoms with Crippen LogP contribution in [-0.4, -0.2) is 53.8 Å². The van der Waals surface area contributed by atoms with Crippen molar-refractivity contribution >= 4 is 12.0 Å². The average Bonchev–Trinajstić information content (AvgIpc) is 2.37. The molecule has 0 bridgehead atoms. The lowest BCUT2D eigenvalue weighted by Crippen LogP contribution is -2.55. The zero-order chi connectivity index (χ0) is 13.7. The number of carboxylic acids is 1. The Balaban J connectivity index is 2.55. The predicted molar refractivity (Wildman–Crippen MR) is 66.4 cm³/mol. The van der Waals surface area contributed by atoms with Gasteiger partial charge in [-0.1, -0.05) is 6.92 Å². The average molecular weight is 258 g/mol. The van der Waals surface area contributed by atoms with Gasteiger partial charge in [0.15, 0.2) is 0 Å². The van der Waals surface area contributed by atoms with Gasteiger partial charge in [-0.3, -0.25) is 4.79 Å². The molecule has 6 heteroatoms. The van der Waals surface area contributed by atoms with Gasteiger partial charge < -0.3 is 20.1 Å². The SMILES string of the molecule is CCC1COCCN1C(=O)NC(C)C(C)C(=O)O. The number of amides is 2. The van der Waals surface area contributed by atoms with Gasteiger partial charge in [0.25, 0.3) is 0 Å². The molecule has 0 aromatic heterocycles. The number of hydrogen-bond acceptors (Lipinski definition) is 3. The fourth-order valence-corrected chi connectivity index (χ4v) is 1.88. The molecule has 0 saturated carbocycles. The lowest BCUT2D eigenvalue weighted by atomic mass is 10.0. The van der Waals surface area contributed by atoms with Crippen molar-refractivity contribution in [3.63, 3.8) is 0 Å². The second-order valence-corrected chi connectivity index (χ2v) is 4.70. The van der Waals surface area contributed by atoms with Crippen molar-refractivity contribution in [2.45, 2.75) is 39.3 Å². The van der Waals surface area contributed by atoms with E-state index in [4.69, 9.17) is 9.84 Å². The van der Waals surface area contributed by atoms with Crippen LogP contribution in [-0.2, 0) is 9.53 Å². The van der Waals surface area contributed by atoms with Crippen LogP contribution in [0.15, 0.2) is 0 Å². The van der Waals surface area contributed by atoms with Crippen molar-refractivity contribution in [2.75, 3.05) is 19.8 Å². The van der Waals surface area contributed by atoms with E-state index in [2.05, 4.69) is 5.32 Å². The number of hydrogen-bond donors (Lipinski definition) is 2. The van der Waals surface area contributed by atoms with Gasteiger partial charge in [0, 0.05) is 12.6 Å². The van der Waals surface area contributed by atoms with E-state index < -0.39 is 17.9 Å². The summed E-state index contributed by atoms with van der Waals surface area (Å²) in [7, 11) is 0. The van der Waals surface area contributed by atoms with Gasteiger partial charge in [-0.15, -0.1) is 0 Å². The smallest absolute Gasteiger partial charge is 0.318 e. The lowest BCUT2D eigenvalue weighted by molar-refractivity contribution is -0.141. The zero-order valence-corrected chi connectivity index (χ0v) is 11.2. The minimum absolute atomic E-state index is 0.0751. The number of morpholine rings is 1. The Morgan fingerprint density at radius 1 is 1.50 bits per heavy atom. The third-order valence-electron chi connectivity index (χ3n) is 3.45. The van der Waals surface area contributed by atoms with Gasteiger partial charge in [-0.2, -0.15) is 0 Å². The summed E-state index contributed by atoms with van der Waals surface area (Å²) in [6.07, 6.45) is 0.830. The third-order valence-corrected chi connectivity index (χ3v) is 3.45. The minimum Gasteiger partial charge on any atom is -0.481 e. The van der Waals surface area contributed by atoms with Crippen molar-refractivity contribution < 1.29 is 19.4 Å². The standard InChI is InChI=1S/C12H22N2O4/c1-4-10-7-18-6-5-14(10)12(17)13-9(3)8(2)11(15)16/h8-10H,4-7H2,1-3H3,(H,13,17)(H,15,16). The van der Waals surface area contributed by atoms with Crippen LogP contribution in [0.1, 0.15) is 27.2 Å². The first-order chi connectivity index (χ1) is 8.47. The van der Waals surface area contributed by atoms with E-state index in [-0.39, 0.29) is 12.1 Å². The summed E-state index contributed by atoms with van der Waals surface area (Å²) >= 11 is 0. The summed E-state index contributed by atoms with van der Waals surface area (Å²) < 4.78 is 5.33. The molecule has 1 saturated heterocycles. The number of carbonyl (C=O) groups is 2. The molecule has 2 N–H and O–H groups in total. The van der Waals surface area contributed by atoms with Gasteiger partial charge in [-0.25, -0.2) is 4.79 Å². The highest BCUT2D eigenvalue weighted by Gasteiger charge is 2.28. The third kappa shape index (κ3) is 3.60. The molecule has 3 atom stereocenters. The van der Waals surface area contributed by atoms with Crippen molar-refractivity contribution in [1.29, 1.82) is 0 Å². The van der Waals surface area contributed by atoms with Crippen LogP contribution >= 0.6 is 0 Å². The number of aliphatic carboxylic acids is 1. The summed E-state index contributed by atoms with van der Waals surface area (Å²) in [6, 6.07) is -0.521. The molecule has 18 heavy (non-hydrogen) atoms. The van der Waals surface area contributed by atoms with Crippen molar-refractivity contribution in [3.8, 4) is 0 Å². The largest absolute Gasteiger partial charge is 0.481 e. The van der Waals surface area contributed by atoms with Gasteiger partial charge in [-0.05, 0) is 20.3 Å². The van der Waals surface area contributed by atoms with Crippen molar-refractivity contribution in [2.24, 2.45) is 5.92 Å². The quantitative estimate of drug-likeness (QED) is 0.785. The van der Waals surface area contributed by atoms with Crippen LogP contribution in [0.25, 0.3) is 0 Å². The second-order valence-electron chi connectivity index (χ2n) is 4.70. The maximum Gasteiger partial charge on any atom is 0.318 e. The first kappa shape index (κ1) is 14.8. The van der Waals surface area contributed by atoms with E-state index >= 15 is 0 Å². The molecular formula is C12H22N2O4. The predicted octanol–water partition coefficient (Wildman–Crippen LogP) is 0.916. The Morgan fingerprint density at radius 2 is 2.17 bits per heavy atom. The Morgan fingerprint density at radius 3 is 2.72 bits per heavy atom. The lowest BCUT2D eigenvalue weighted by Gasteiger charge is -2.36. The van der Waals surface area contributed by atoms with E-state index in [1.807, 2.05) is 6.92 Å². The Kier molecular flexibility index (Phi) is 5.40. The fourth-order valence-electron chi connectivity index (χ4n) is 1.88. The Bertz CT molecular complexity index is 308. The summed E-state index contributed by atoms with van der Waals surface area (Å²) in [4.78, 5) is 24.6. The molecular weight excluding hydrogens is 236 g/mol. The molecule has 6 nitrogen and oxygen atoms in total. The maximum atomic E-state index is 12.1. The molecule has 2 amide bonds. The Labute approximate surface area is 107 Å². The topological polar surface area (TPSA) is 78.9 Å². The summed E-state index contributed by atoms with van der Waals surface area (Å²) in [5.74, 6) is -1.51. The molecule has 1 rings (SSSR count). The maximum absolute atomic E-state index is 12.1. The van der Waals surface area contributed by atoms with Crippen LogP contribution < -0.4 is 5.32 Å². The number of nitrogens with zero attached hydrogens (tertiary/aromatic N) is 1. The number of carboxylic acid groups (broad SMARTS) is 1. The molecule has 1 fully saturated rings. The highest BCUT2D eigenvalue weighted by Crippen LogP contribution is 2.11. The van der Waals surface area contributed by atoms with E-state index in [1.165, 1.54) is 0 Å². The number of rotatable bonds is 4. The summed E-state index contributed by atoms with van der Waals surface area (Å²) in [6.45, 7) is 6.93. The van der Waals surface area contributed by atoms with E-state index in [0.717, 1.165) is 6.42 Å². The van der Waals surface area contributed by atoms with Crippen LogP contribution in [0.5, 0.6) is 0 Å². The number of ether oxygens (including phenoxy) is 1. The van der Waals surface area contributed by atoms with E-state index in [9.17, 15) is 9.59 Å². The number of carbonyl (C=O) groups excluding carboxylic acids is 1. The van der Waals surface area contributed by atoms with Crippen LogP contribution in [0, 0.1) is 5.92 Å². The van der Waals surface area contributed by atoms with Crippen molar-refractivity contribution in [3.05, 3.63) is 0 Å². The molecule has 104 valence electrons. The molecule has 1 aliphatic heterocycles. The molecule has 0 radical (unpaired) electrons. The van der Waals surface area contributed by atoms with Crippen molar-refractivity contribution in [1.82, 2.24) is 10.2 Å². The van der Waals surface area contributed by atoms with Crippen LogP contribution in [0.3, 0.4) is 0 Å². The molecule has 0 aromatic carbocycles.